The summed E-state index contributed by atoms with van der Waals surface area (Å²) in [7, 11) is 1.39. The first-order valence-electron chi connectivity index (χ1n) is 7.04. The van der Waals surface area contributed by atoms with Crippen LogP contribution in [0.4, 0.5) is 0 Å². The molecule has 0 aliphatic heterocycles. The molecule has 1 aliphatic carbocycles. The lowest BCUT2D eigenvalue weighted by Crippen LogP contribution is -2.36. The van der Waals surface area contributed by atoms with Crippen LogP contribution in [-0.2, 0) is 9.53 Å². The lowest BCUT2D eigenvalue weighted by molar-refractivity contribution is -0.143. The van der Waals surface area contributed by atoms with Gasteiger partial charge in [-0.15, -0.1) is 0 Å². The number of hydrogen-bond acceptors (Lipinski definition) is 5. The fraction of sp³-hybridized carbons (Fsp3) is 0.500. The highest BCUT2D eigenvalue weighted by atomic mass is 32.2. The second-order valence-electron chi connectivity index (χ2n) is 5.23. The average Bonchev–Trinajstić information content (AvgIpc) is 2.99. The van der Waals surface area contributed by atoms with Gasteiger partial charge in [0, 0.05) is 11.3 Å². The molecule has 2 rings (SSSR count). The Labute approximate surface area is 129 Å². The van der Waals surface area contributed by atoms with Gasteiger partial charge < -0.3 is 4.74 Å². The lowest BCUT2D eigenvalue weighted by atomic mass is 10.0. The van der Waals surface area contributed by atoms with Crippen LogP contribution in [0.3, 0.4) is 0 Å². The summed E-state index contributed by atoms with van der Waals surface area (Å²) in [6.45, 7) is 0. The van der Waals surface area contributed by atoms with E-state index in [1.165, 1.54) is 13.5 Å². The molecule has 112 valence electrons. The summed E-state index contributed by atoms with van der Waals surface area (Å²) in [5.41, 5.74) is 1.34. The maximum Gasteiger partial charge on any atom is 0.327 e. The molecule has 21 heavy (non-hydrogen) atoms. The molecule has 3 atom stereocenters. The number of nitrogens with zero attached hydrogens (tertiary/aromatic N) is 1. The number of ether oxygens (including phenoxy) is 1. The molecule has 4 nitrogen and oxygen atoms in total. The van der Waals surface area contributed by atoms with Crippen LogP contribution in [0, 0.1) is 11.3 Å². The number of rotatable bonds is 5. The maximum absolute atomic E-state index is 12.1. The summed E-state index contributed by atoms with van der Waals surface area (Å²) in [5, 5.41) is 13.1. The van der Waals surface area contributed by atoms with E-state index in [1.54, 1.807) is 18.2 Å². The van der Waals surface area contributed by atoms with Gasteiger partial charge in [-0.05, 0) is 43.2 Å². The minimum Gasteiger partial charge on any atom is -0.468 e. The lowest BCUT2D eigenvalue weighted by Gasteiger charge is -2.21. The normalized spacial score (nSPS) is 22.5. The van der Waals surface area contributed by atoms with E-state index < -0.39 is 6.04 Å². The predicted molar refractivity (Wildman–Crippen MR) is 84.0 cm³/mol. The fourth-order valence-electron chi connectivity index (χ4n) is 2.75. The minimum atomic E-state index is -0.506. The molecular formula is C16H20N2O2S. The summed E-state index contributed by atoms with van der Waals surface area (Å²) in [4.78, 5) is 12.1. The number of nitriles is 1. The Hall–Kier alpha value is -1.51. The van der Waals surface area contributed by atoms with Crippen molar-refractivity contribution in [2.24, 2.45) is 0 Å². The van der Waals surface area contributed by atoms with Crippen molar-refractivity contribution in [3.63, 3.8) is 0 Å². The van der Waals surface area contributed by atoms with Gasteiger partial charge in [0.15, 0.2) is 0 Å². The minimum absolute atomic E-state index is 0.308. The zero-order chi connectivity index (χ0) is 15.2. The van der Waals surface area contributed by atoms with Gasteiger partial charge in [-0.25, -0.2) is 4.79 Å². The molecule has 0 aromatic heterocycles. The number of carbonyl (C=O) groups is 1. The summed E-state index contributed by atoms with van der Waals surface area (Å²) in [5.74, 6) is -0.308. The molecule has 0 bridgehead atoms. The molecule has 1 saturated carbocycles. The van der Waals surface area contributed by atoms with Crippen LogP contribution < -0.4 is 5.32 Å². The van der Waals surface area contributed by atoms with E-state index in [9.17, 15) is 4.79 Å². The van der Waals surface area contributed by atoms with Gasteiger partial charge in [-0.1, -0.05) is 12.1 Å². The van der Waals surface area contributed by atoms with Crippen LogP contribution in [0.1, 0.15) is 36.4 Å². The predicted octanol–water partition coefficient (Wildman–Crippen LogP) is 2.65. The first kappa shape index (κ1) is 15.9. The third-order valence-electron chi connectivity index (χ3n) is 3.91. The molecule has 1 aromatic rings. The van der Waals surface area contributed by atoms with E-state index in [0.717, 1.165) is 18.4 Å². The number of nitrogens with one attached hydrogen (secondary N) is 1. The number of benzene rings is 1. The summed E-state index contributed by atoms with van der Waals surface area (Å²) in [6.07, 6.45) is 5.43. The van der Waals surface area contributed by atoms with E-state index in [4.69, 9.17) is 10.00 Å². The molecule has 5 heteroatoms. The third kappa shape index (κ3) is 3.99. The van der Waals surface area contributed by atoms with Crippen molar-refractivity contribution in [2.45, 2.75) is 36.6 Å². The van der Waals surface area contributed by atoms with E-state index in [0.29, 0.717) is 16.9 Å². The molecule has 0 heterocycles. The Morgan fingerprint density at radius 2 is 2.33 bits per heavy atom. The summed E-state index contributed by atoms with van der Waals surface area (Å²) < 4.78 is 4.91. The second-order valence-corrected chi connectivity index (χ2v) is 6.37. The van der Waals surface area contributed by atoms with Crippen molar-refractivity contribution in [2.75, 3.05) is 13.4 Å². The number of esters is 1. The summed E-state index contributed by atoms with van der Waals surface area (Å²) in [6, 6.07) is 9.05. The van der Waals surface area contributed by atoms with E-state index in [1.807, 2.05) is 17.8 Å². The molecule has 0 spiro atoms. The molecule has 1 aliphatic rings. The Morgan fingerprint density at radius 3 is 2.95 bits per heavy atom. The molecule has 1 fully saturated rings. The first-order chi connectivity index (χ1) is 10.2. The Morgan fingerprint density at radius 1 is 1.52 bits per heavy atom. The molecule has 0 amide bonds. The van der Waals surface area contributed by atoms with E-state index >= 15 is 0 Å². The zero-order valence-electron chi connectivity index (χ0n) is 12.3. The molecule has 1 N–H and O–H groups in total. The highest BCUT2D eigenvalue weighted by Gasteiger charge is 2.30. The highest BCUT2D eigenvalue weighted by molar-refractivity contribution is 7.99. The third-order valence-corrected chi connectivity index (χ3v) is 5.00. The Kier molecular flexibility index (Phi) is 5.66. The molecule has 3 unspecified atom stereocenters. The van der Waals surface area contributed by atoms with Crippen LogP contribution in [0.25, 0.3) is 0 Å². The van der Waals surface area contributed by atoms with Gasteiger partial charge in [0.1, 0.15) is 6.04 Å². The standard InChI is InChI=1S/C16H20N2O2S/c1-20-16(19)15(12-5-3-4-11(8-12)10-17)18-13-6-7-14(9-13)21-2/h3-5,8,13-15,18H,6-7,9H2,1-2H3. The van der Waals surface area contributed by atoms with Crippen molar-refractivity contribution >= 4 is 17.7 Å². The van der Waals surface area contributed by atoms with Gasteiger partial charge in [0.05, 0.1) is 18.7 Å². The maximum atomic E-state index is 12.1. The monoisotopic (exact) mass is 304 g/mol. The van der Waals surface area contributed by atoms with Gasteiger partial charge in [0.25, 0.3) is 0 Å². The van der Waals surface area contributed by atoms with Crippen LogP contribution in [0.2, 0.25) is 0 Å². The van der Waals surface area contributed by atoms with Gasteiger partial charge in [-0.2, -0.15) is 17.0 Å². The van der Waals surface area contributed by atoms with Crippen molar-refractivity contribution < 1.29 is 9.53 Å². The number of hydrogen-bond donors (Lipinski definition) is 1. The molecular weight excluding hydrogens is 284 g/mol. The van der Waals surface area contributed by atoms with Crippen molar-refractivity contribution in [1.29, 1.82) is 5.26 Å². The van der Waals surface area contributed by atoms with Crippen LogP contribution in [0.5, 0.6) is 0 Å². The van der Waals surface area contributed by atoms with E-state index in [-0.39, 0.29) is 5.97 Å². The largest absolute Gasteiger partial charge is 0.468 e. The number of carbonyl (C=O) groups excluding carboxylic acids is 1. The molecule has 0 saturated heterocycles. The Bertz CT molecular complexity index is 541. The zero-order valence-corrected chi connectivity index (χ0v) is 13.2. The number of methoxy groups -OCH3 is 1. The molecule has 0 radical (unpaired) electrons. The SMILES string of the molecule is COC(=O)C(NC1CCC(SC)C1)c1cccc(C#N)c1. The fourth-order valence-corrected chi connectivity index (χ4v) is 3.54. The van der Waals surface area contributed by atoms with Gasteiger partial charge in [0.2, 0.25) is 0 Å². The number of thioether (sulfide) groups is 1. The highest BCUT2D eigenvalue weighted by Crippen LogP contribution is 2.30. The van der Waals surface area contributed by atoms with Crippen LogP contribution in [0.15, 0.2) is 24.3 Å². The van der Waals surface area contributed by atoms with Gasteiger partial charge >= 0.3 is 5.97 Å². The summed E-state index contributed by atoms with van der Waals surface area (Å²) >= 11 is 1.88. The van der Waals surface area contributed by atoms with Crippen molar-refractivity contribution in [3.8, 4) is 6.07 Å². The second kappa shape index (κ2) is 7.48. The quantitative estimate of drug-likeness (QED) is 0.847. The molecule has 1 aromatic carbocycles. The van der Waals surface area contributed by atoms with Crippen LogP contribution >= 0.6 is 11.8 Å². The van der Waals surface area contributed by atoms with Gasteiger partial charge in [-0.3, -0.25) is 5.32 Å². The topological polar surface area (TPSA) is 62.1 Å². The van der Waals surface area contributed by atoms with E-state index in [2.05, 4.69) is 17.6 Å². The van der Waals surface area contributed by atoms with Crippen molar-refractivity contribution in [3.05, 3.63) is 35.4 Å². The average molecular weight is 304 g/mol. The Balaban J connectivity index is 2.15. The first-order valence-corrected chi connectivity index (χ1v) is 8.33. The smallest absolute Gasteiger partial charge is 0.327 e. The van der Waals surface area contributed by atoms with Crippen LogP contribution in [-0.4, -0.2) is 30.6 Å². The van der Waals surface area contributed by atoms with Crippen molar-refractivity contribution in [1.82, 2.24) is 5.32 Å².